The second-order valence-corrected chi connectivity index (χ2v) is 37.4. The van der Waals surface area contributed by atoms with Crippen LogP contribution in [0.25, 0.3) is 44.1 Å². The summed E-state index contributed by atoms with van der Waals surface area (Å²) in [6.45, 7) is 8.80. The van der Waals surface area contributed by atoms with Crippen molar-refractivity contribution < 1.29 is 89.1 Å². The number of rotatable bonds is 28. The van der Waals surface area contributed by atoms with Gasteiger partial charge in [0.25, 0.3) is 0 Å². The summed E-state index contributed by atoms with van der Waals surface area (Å²) in [5.74, 6) is 1.73. The zero-order valence-corrected chi connectivity index (χ0v) is 71.7. The summed E-state index contributed by atoms with van der Waals surface area (Å²) in [6.07, 6.45) is -0.191. The number of ether oxygens (including phenoxy) is 8. The molecule has 12 rings (SSSR count). The summed E-state index contributed by atoms with van der Waals surface area (Å²) < 4.78 is 201. The van der Waals surface area contributed by atoms with Gasteiger partial charge in [0.05, 0.1) is 146 Å². The quantitative estimate of drug-likeness (QED) is 0.0331. The van der Waals surface area contributed by atoms with Gasteiger partial charge >= 0.3 is 28.9 Å². The predicted octanol–water partition coefficient (Wildman–Crippen LogP) is 12.8. The summed E-state index contributed by atoms with van der Waals surface area (Å²) in [5, 5.41) is 0.476. The van der Waals surface area contributed by atoms with E-state index in [0.29, 0.717) is 126 Å². The van der Waals surface area contributed by atoms with E-state index in [1.54, 1.807) is 123 Å². The Morgan fingerprint density at radius 2 is 0.672 bits per heavy atom. The zero-order chi connectivity index (χ0) is 85.3. The molecule has 0 spiro atoms. The molecule has 0 bridgehead atoms. The molecule has 0 fully saturated rings. The van der Waals surface area contributed by atoms with Crippen LogP contribution < -0.4 is 60.7 Å². The van der Waals surface area contributed by atoms with Crippen LogP contribution in [0.3, 0.4) is 0 Å². The van der Waals surface area contributed by atoms with Crippen LogP contribution in [0.15, 0.2) is 168 Å². The van der Waals surface area contributed by atoms with Crippen molar-refractivity contribution in [3.05, 3.63) is 229 Å². The number of benzene rings is 8. The highest BCUT2D eigenvalue weighted by Gasteiger charge is 2.34. The summed E-state index contributed by atoms with van der Waals surface area (Å²) in [5.41, 5.74) is 1.83. The van der Waals surface area contributed by atoms with E-state index in [2.05, 4.69) is 51.8 Å². The topological polar surface area (TPSA) is 362 Å². The number of methoxy groups -OCH3 is 4. The molecule has 624 valence electrons. The molecular weight excluding hydrogens is 1760 g/mol. The Kier molecular flexibility index (Phi) is 29.1. The minimum Gasteiger partial charge on any atom is -0.493 e. The van der Waals surface area contributed by atoms with Gasteiger partial charge in [0.1, 0.15) is 50.7 Å². The van der Waals surface area contributed by atoms with Crippen molar-refractivity contribution in [2.45, 2.75) is 58.0 Å². The van der Waals surface area contributed by atoms with Gasteiger partial charge in [-0.3, -0.25) is 18.3 Å². The first-order valence-corrected chi connectivity index (χ1v) is 45.4. The monoisotopic (exact) mass is 1840 g/mol. The van der Waals surface area contributed by atoms with Crippen molar-refractivity contribution in [2.75, 3.05) is 103 Å². The molecule has 0 radical (unpaired) electrons. The van der Waals surface area contributed by atoms with Crippen molar-refractivity contribution in [1.29, 1.82) is 0 Å². The Labute approximate surface area is 685 Å². The highest BCUT2D eigenvalue weighted by atomic mass is 79.9. The van der Waals surface area contributed by atoms with Crippen LogP contribution in [0, 0.1) is 5.82 Å². The number of hydrogen-bond donors (Lipinski definition) is 4. The van der Waals surface area contributed by atoms with Crippen LogP contribution in [0.4, 0.5) is 17.6 Å². The van der Waals surface area contributed by atoms with Gasteiger partial charge in [0, 0.05) is 39.0 Å². The molecule has 4 atom stereocenters. The van der Waals surface area contributed by atoms with Crippen molar-refractivity contribution in [1.82, 2.24) is 38.2 Å². The molecule has 4 N–H and O–H groups in total. The average molecular weight is 1840 g/mol. The van der Waals surface area contributed by atoms with Gasteiger partial charge < -0.3 is 57.8 Å². The van der Waals surface area contributed by atoms with Crippen LogP contribution in [-0.4, -0.2) is 175 Å². The third-order valence-corrected chi connectivity index (χ3v) is 22.6. The first-order valence-electron chi connectivity index (χ1n) is 35.2. The number of aromatic nitrogens is 8. The van der Waals surface area contributed by atoms with Crippen LogP contribution in [-0.2, 0) is 45.5 Å². The maximum atomic E-state index is 14.7. The van der Waals surface area contributed by atoms with Gasteiger partial charge in [-0.15, -0.1) is 0 Å². The van der Waals surface area contributed by atoms with Crippen LogP contribution >= 0.6 is 43.5 Å². The molecule has 0 saturated carbocycles. The summed E-state index contributed by atoms with van der Waals surface area (Å²) in [7, 11) is -7.89. The lowest BCUT2D eigenvalue weighted by Crippen LogP contribution is -2.28. The lowest BCUT2D eigenvalue weighted by molar-refractivity contribution is -0.137. The van der Waals surface area contributed by atoms with E-state index < -0.39 is 110 Å². The van der Waals surface area contributed by atoms with Crippen LogP contribution in [0.2, 0.25) is 5.02 Å². The van der Waals surface area contributed by atoms with Gasteiger partial charge in [0.15, 0.2) is 46.0 Å². The predicted molar refractivity (Wildman–Crippen MR) is 444 cm³/mol. The Morgan fingerprint density at radius 3 is 1.00 bits per heavy atom. The number of fused-ring (bicyclic) bond motifs is 4. The number of imidazole rings is 4. The normalized spacial score (nSPS) is 13.0. The number of nitrogens with zero attached hydrogens (tertiary/aromatic N) is 4. The highest BCUT2D eigenvalue weighted by Crippen LogP contribution is 2.40. The first kappa shape index (κ1) is 89.9. The second kappa shape index (κ2) is 37.5. The molecule has 0 aliphatic carbocycles. The number of hydrogen-bond acceptors (Lipinski definition) is 20. The van der Waals surface area contributed by atoms with Crippen molar-refractivity contribution in [3.8, 4) is 46.0 Å². The molecule has 0 aliphatic heterocycles. The maximum Gasteiger partial charge on any atom is 0.416 e. The summed E-state index contributed by atoms with van der Waals surface area (Å²) in [4.78, 5) is 61.4. The first-order chi connectivity index (χ1) is 54.5. The zero-order valence-electron chi connectivity index (χ0n) is 64.5. The van der Waals surface area contributed by atoms with Crippen molar-refractivity contribution >= 4 is 127 Å². The number of aromatic amines is 4. The Balaban J connectivity index is 0.000000177. The van der Waals surface area contributed by atoms with Gasteiger partial charge in [-0.2, -0.15) is 13.2 Å². The molecule has 4 heterocycles. The number of H-pyrrole nitrogens is 4. The van der Waals surface area contributed by atoms with Crippen molar-refractivity contribution in [2.24, 2.45) is 0 Å². The van der Waals surface area contributed by atoms with E-state index in [-0.39, 0.29) is 39.3 Å². The fourth-order valence-electron chi connectivity index (χ4n) is 13.0. The highest BCUT2D eigenvalue weighted by molar-refractivity contribution is 9.10. The number of sulfone groups is 4. The van der Waals surface area contributed by atoms with E-state index in [0.717, 1.165) is 56.8 Å². The van der Waals surface area contributed by atoms with Crippen LogP contribution in [0.1, 0.15) is 79.7 Å². The third kappa shape index (κ3) is 22.2. The molecule has 116 heavy (non-hydrogen) atoms. The van der Waals surface area contributed by atoms with Crippen molar-refractivity contribution in [3.63, 3.8) is 0 Å². The van der Waals surface area contributed by atoms with Gasteiger partial charge in [-0.1, -0.05) is 67.7 Å². The largest absolute Gasteiger partial charge is 0.493 e. The smallest absolute Gasteiger partial charge is 0.416 e. The second-order valence-electron chi connectivity index (χ2n) is 26.3. The lowest BCUT2D eigenvalue weighted by Gasteiger charge is -2.20. The summed E-state index contributed by atoms with van der Waals surface area (Å²) in [6, 6.07) is 32.5. The molecule has 28 nitrogen and oxygen atoms in total. The lowest BCUT2D eigenvalue weighted by atomic mass is 10.1. The molecule has 0 aliphatic rings. The SMILES string of the molecule is CCOc1cc([C@@H](CS(C)(=O)=O)n2c(=O)[nH]c3cc(Br)cc(F)c32)ccc1OC.CCOc1cc([C@@H](CS(C)(=O)=O)n2c(=O)[nH]c3cc(Br)ccc32)ccc1OC.CCOc1cc([C@@H](CS(C)(=O)=O)n2c(=O)[nH]c3cc(C(F)(F)F)ccc32)ccc1OC.CCOc1cc([C@@H](CS(C)(=O)=O)n2c(=O)[nH]c3cc(Cl)ccc32)ccc1OC. The van der Waals surface area contributed by atoms with Crippen LogP contribution in [0.5, 0.6) is 46.0 Å². The molecule has 0 unspecified atom stereocenters. The number of alkyl halides is 3. The molecular formula is C77H83Br2ClF4N8O20S4. The summed E-state index contributed by atoms with van der Waals surface area (Å²) >= 11 is 12.6. The Morgan fingerprint density at radius 1 is 0.379 bits per heavy atom. The fraction of sp³-hybridized carbons (Fsp3) is 0.325. The van der Waals surface area contributed by atoms with Gasteiger partial charge in [-0.25, -0.2) is 57.2 Å². The molecule has 8 aromatic carbocycles. The van der Waals surface area contributed by atoms with E-state index >= 15 is 0 Å². The van der Waals surface area contributed by atoms with E-state index in [1.807, 2.05) is 19.9 Å². The molecule has 12 aromatic rings. The Hall–Kier alpha value is -9.99. The molecule has 0 amide bonds. The maximum absolute atomic E-state index is 14.7. The average Bonchev–Trinajstić information content (AvgIpc) is 1.72. The third-order valence-electron chi connectivity index (χ3n) is 17.7. The van der Waals surface area contributed by atoms with Gasteiger partial charge in [0.2, 0.25) is 0 Å². The number of nitrogens with one attached hydrogen (secondary N) is 4. The van der Waals surface area contributed by atoms with Gasteiger partial charge in [-0.05, 0) is 165 Å². The van der Waals surface area contributed by atoms with E-state index in [4.69, 9.17) is 49.5 Å². The molecule has 39 heteroatoms. The Bertz CT molecular complexity index is 6160. The standard InChI is InChI=1S/C20H21F3N2O5S.C19H20BrFN2O5S.C19H21BrN2O5S.C19H21ClN2O5S/c1-4-30-18-9-12(5-8-17(18)29-2)16(11-31(3,27)28)25-15-7-6-13(20(21,22)23)10-14(15)24-19(25)26;1-4-28-17-7-11(5-6-16(17)27-2)15(10-29(3,25)26)23-18-13(21)8-12(20)9-14(18)22-19(23)24;2*1-4-27-18-9-12(5-8-17(18)26-2)16(11-28(3,24)25)22-15-7-6-13(20)10-14(15)21-19(22)23/h5-10,16H,4,11H2,1-3H3,(H,24,26);5-9,15H,4,10H2,1-3H3,(H,22,24);2*5-10,16H,4,11H2,1-3H3,(H,21,23)/t16-;15-;2*16-/m1111/s1. The number of halogens is 7. The minimum atomic E-state index is -4.58. The minimum absolute atomic E-state index is 0.000581. The fourth-order valence-corrected chi connectivity index (χ4v) is 17.6. The van der Waals surface area contributed by atoms with E-state index in [9.17, 15) is 70.4 Å². The molecule has 4 aromatic heterocycles. The van der Waals surface area contributed by atoms with E-state index in [1.165, 1.54) is 43.6 Å². The molecule has 0 saturated heterocycles.